The molecule has 3 aliphatic rings. The van der Waals surface area contributed by atoms with E-state index in [1.54, 1.807) is 6.92 Å². The number of nitrogens with zero attached hydrogens (tertiary/aromatic N) is 2. The van der Waals surface area contributed by atoms with Gasteiger partial charge in [-0.1, -0.05) is 19.3 Å². The van der Waals surface area contributed by atoms with Crippen molar-refractivity contribution in [3.8, 4) is 0 Å². The van der Waals surface area contributed by atoms with Crippen LogP contribution in [0.25, 0.3) is 0 Å². The van der Waals surface area contributed by atoms with E-state index in [-0.39, 0.29) is 12.1 Å². The fraction of sp³-hybridized carbons (Fsp3) is 0.727. The van der Waals surface area contributed by atoms with Crippen LogP contribution in [0.1, 0.15) is 86.6 Å². The van der Waals surface area contributed by atoms with Crippen LogP contribution in [-0.4, -0.2) is 42.2 Å². The van der Waals surface area contributed by atoms with Gasteiger partial charge in [-0.3, -0.25) is 4.79 Å². The lowest BCUT2D eigenvalue weighted by Gasteiger charge is -2.36. The highest BCUT2D eigenvalue weighted by molar-refractivity contribution is 5.99. The van der Waals surface area contributed by atoms with Gasteiger partial charge in [0.05, 0.1) is 11.7 Å². The van der Waals surface area contributed by atoms with Gasteiger partial charge in [0.2, 0.25) is 0 Å². The summed E-state index contributed by atoms with van der Waals surface area (Å²) in [5, 5.41) is 6.73. The molecule has 1 amide bonds. The molecule has 4 N–H and O–H groups in total. The molecule has 0 spiro atoms. The molecule has 3 fully saturated rings. The maximum absolute atomic E-state index is 12.8. The van der Waals surface area contributed by atoms with Crippen molar-refractivity contribution in [1.82, 2.24) is 15.6 Å². The van der Waals surface area contributed by atoms with Crippen molar-refractivity contribution in [3.05, 3.63) is 23.4 Å². The Morgan fingerprint density at radius 3 is 2.43 bits per heavy atom. The Hall–Kier alpha value is -1.66. The molecule has 28 heavy (non-hydrogen) atoms. The number of piperidine rings is 1. The van der Waals surface area contributed by atoms with E-state index < -0.39 is 0 Å². The fourth-order valence-electron chi connectivity index (χ4n) is 4.68. The van der Waals surface area contributed by atoms with Crippen LogP contribution in [0.3, 0.4) is 0 Å². The molecule has 6 heteroatoms. The monoisotopic (exact) mass is 385 g/mol. The highest BCUT2D eigenvalue weighted by Crippen LogP contribution is 2.41. The summed E-state index contributed by atoms with van der Waals surface area (Å²) in [6, 6.07) is 3.34. The van der Waals surface area contributed by atoms with Crippen molar-refractivity contribution in [1.29, 1.82) is 0 Å². The molecule has 1 aliphatic heterocycles. The second-order valence-electron chi connectivity index (χ2n) is 8.94. The number of carbonyl (C=O) groups is 1. The van der Waals surface area contributed by atoms with E-state index in [1.165, 1.54) is 50.5 Å². The molecule has 6 nitrogen and oxygen atoms in total. The molecule has 1 saturated heterocycles. The SMILES string of the molecule is CC(N)NC(=O)c1cc(C2CC2)cnc1N1CCC(NC2CCCCC2)CC1. The number of amides is 1. The van der Waals surface area contributed by atoms with E-state index in [4.69, 9.17) is 10.7 Å². The van der Waals surface area contributed by atoms with Crippen LogP contribution in [0.2, 0.25) is 0 Å². The van der Waals surface area contributed by atoms with Crippen molar-refractivity contribution in [2.45, 2.75) is 88.9 Å². The van der Waals surface area contributed by atoms with Crippen LogP contribution in [0.5, 0.6) is 0 Å². The third-order valence-electron chi connectivity index (χ3n) is 6.41. The third-order valence-corrected chi connectivity index (χ3v) is 6.41. The average molecular weight is 386 g/mol. The Morgan fingerprint density at radius 2 is 1.79 bits per heavy atom. The van der Waals surface area contributed by atoms with Gasteiger partial charge in [0, 0.05) is 31.4 Å². The van der Waals surface area contributed by atoms with Crippen molar-refractivity contribution < 1.29 is 4.79 Å². The Balaban J connectivity index is 1.42. The zero-order valence-electron chi connectivity index (χ0n) is 17.1. The number of pyridine rings is 1. The van der Waals surface area contributed by atoms with Gasteiger partial charge in [-0.05, 0) is 63.0 Å². The molecule has 1 aromatic heterocycles. The summed E-state index contributed by atoms with van der Waals surface area (Å²) in [6.07, 6.45) is 13.0. The quantitative estimate of drug-likeness (QED) is 0.656. The predicted octanol–water partition coefficient (Wildman–Crippen LogP) is 2.88. The first-order valence-corrected chi connectivity index (χ1v) is 11.2. The van der Waals surface area contributed by atoms with Crippen LogP contribution in [0.4, 0.5) is 5.82 Å². The lowest BCUT2D eigenvalue weighted by Crippen LogP contribution is -2.47. The fourth-order valence-corrected chi connectivity index (χ4v) is 4.68. The van der Waals surface area contributed by atoms with Gasteiger partial charge in [0.1, 0.15) is 5.82 Å². The van der Waals surface area contributed by atoms with Crippen LogP contribution in [0.15, 0.2) is 12.3 Å². The average Bonchev–Trinajstić information content (AvgIpc) is 3.54. The second kappa shape index (κ2) is 8.78. The number of aromatic nitrogens is 1. The smallest absolute Gasteiger partial charge is 0.256 e. The molecule has 2 aliphatic carbocycles. The van der Waals surface area contributed by atoms with Gasteiger partial charge in [-0.2, -0.15) is 0 Å². The summed E-state index contributed by atoms with van der Waals surface area (Å²) in [5.41, 5.74) is 7.67. The minimum Gasteiger partial charge on any atom is -0.356 e. The first-order valence-electron chi connectivity index (χ1n) is 11.2. The molecule has 0 bridgehead atoms. The van der Waals surface area contributed by atoms with E-state index in [1.807, 2.05) is 12.3 Å². The molecule has 4 rings (SSSR count). The van der Waals surface area contributed by atoms with Crippen LogP contribution in [-0.2, 0) is 0 Å². The predicted molar refractivity (Wildman–Crippen MR) is 113 cm³/mol. The summed E-state index contributed by atoms with van der Waals surface area (Å²) in [4.78, 5) is 19.8. The lowest BCUT2D eigenvalue weighted by molar-refractivity contribution is 0.0941. The van der Waals surface area contributed by atoms with Crippen LogP contribution < -0.4 is 21.3 Å². The Kier molecular flexibility index (Phi) is 6.16. The molecule has 1 unspecified atom stereocenters. The number of rotatable bonds is 6. The number of hydrogen-bond acceptors (Lipinski definition) is 5. The topological polar surface area (TPSA) is 83.3 Å². The molecular weight excluding hydrogens is 350 g/mol. The molecule has 2 saturated carbocycles. The zero-order chi connectivity index (χ0) is 19.5. The Bertz CT molecular complexity index is 674. The Morgan fingerprint density at radius 1 is 1.11 bits per heavy atom. The van der Waals surface area contributed by atoms with Gasteiger partial charge in [-0.15, -0.1) is 0 Å². The van der Waals surface area contributed by atoms with Gasteiger partial charge >= 0.3 is 0 Å². The van der Waals surface area contributed by atoms with Crippen molar-refractivity contribution in [2.24, 2.45) is 5.73 Å². The zero-order valence-corrected chi connectivity index (χ0v) is 17.1. The maximum Gasteiger partial charge on any atom is 0.256 e. The molecule has 0 aromatic carbocycles. The van der Waals surface area contributed by atoms with Gasteiger partial charge in [0.25, 0.3) is 5.91 Å². The lowest BCUT2D eigenvalue weighted by atomic mass is 9.93. The van der Waals surface area contributed by atoms with E-state index in [0.717, 1.165) is 31.7 Å². The number of hydrogen-bond donors (Lipinski definition) is 3. The molecule has 1 atom stereocenters. The van der Waals surface area contributed by atoms with Gasteiger partial charge in [-0.25, -0.2) is 4.98 Å². The first-order chi connectivity index (χ1) is 13.6. The first kappa shape index (κ1) is 19.6. The number of nitrogens with one attached hydrogen (secondary N) is 2. The summed E-state index contributed by atoms with van der Waals surface area (Å²) in [6.45, 7) is 3.68. The summed E-state index contributed by atoms with van der Waals surface area (Å²) in [5.74, 6) is 1.29. The molecule has 0 radical (unpaired) electrons. The highest BCUT2D eigenvalue weighted by atomic mass is 16.1. The van der Waals surface area contributed by atoms with Crippen LogP contribution >= 0.6 is 0 Å². The molecule has 2 heterocycles. The summed E-state index contributed by atoms with van der Waals surface area (Å²) >= 11 is 0. The summed E-state index contributed by atoms with van der Waals surface area (Å²) < 4.78 is 0. The van der Waals surface area contributed by atoms with Gasteiger partial charge < -0.3 is 21.3 Å². The van der Waals surface area contributed by atoms with Crippen LogP contribution in [0, 0.1) is 0 Å². The Labute approximate surface area is 168 Å². The van der Waals surface area contributed by atoms with E-state index in [2.05, 4.69) is 15.5 Å². The molecule has 1 aromatic rings. The minimum absolute atomic E-state index is 0.109. The largest absolute Gasteiger partial charge is 0.356 e. The molecule has 154 valence electrons. The number of carbonyl (C=O) groups excluding carboxylic acids is 1. The minimum atomic E-state index is -0.365. The number of anilines is 1. The molecular formula is C22H35N5O. The summed E-state index contributed by atoms with van der Waals surface area (Å²) in [7, 11) is 0. The van der Waals surface area contributed by atoms with Crippen molar-refractivity contribution in [3.63, 3.8) is 0 Å². The van der Waals surface area contributed by atoms with E-state index in [9.17, 15) is 4.79 Å². The maximum atomic E-state index is 12.8. The van der Waals surface area contributed by atoms with Crippen molar-refractivity contribution in [2.75, 3.05) is 18.0 Å². The van der Waals surface area contributed by atoms with E-state index >= 15 is 0 Å². The standard InChI is InChI=1S/C22H35N5O/c1-15(23)25-22(28)20-13-17(16-7-8-16)14-24-21(20)27-11-9-19(10-12-27)26-18-5-3-2-4-6-18/h13-16,18-19,26H,2-12,23H2,1H3,(H,25,28). The highest BCUT2D eigenvalue weighted by Gasteiger charge is 2.29. The second-order valence-corrected chi connectivity index (χ2v) is 8.94. The van der Waals surface area contributed by atoms with Gasteiger partial charge in [0.15, 0.2) is 0 Å². The third kappa shape index (κ3) is 4.84. The van der Waals surface area contributed by atoms with Crippen molar-refractivity contribution >= 4 is 11.7 Å². The number of nitrogens with two attached hydrogens (primary N) is 1. The normalized spacial score (nSPS) is 22.9. The van der Waals surface area contributed by atoms with E-state index in [0.29, 0.717) is 23.6 Å².